The molecular weight excluding hydrogens is 364 g/mol. The quantitative estimate of drug-likeness (QED) is 0.802. The van der Waals surface area contributed by atoms with Crippen molar-refractivity contribution in [1.82, 2.24) is 0 Å². The highest BCUT2D eigenvalue weighted by Gasteiger charge is 2.18. The van der Waals surface area contributed by atoms with Gasteiger partial charge in [0.2, 0.25) is 0 Å². The summed E-state index contributed by atoms with van der Waals surface area (Å²) in [7, 11) is -3.74. The van der Waals surface area contributed by atoms with E-state index < -0.39 is 10.0 Å². The number of benzene rings is 2. The fraction of sp³-hybridized carbons (Fsp3) is 0.0769. The summed E-state index contributed by atoms with van der Waals surface area (Å²) in [6.07, 6.45) is 0. The fourth-order valence-corrected chi connectivity index (χ4v) is 3.52. The summed E-state index contributed by atoms with van der Waals surface area (Å²) < 4.78 is 27.8. The Hall–Kier alpha value is -1.24. The first kappa shape index (κ1) is 15.2. The first-order valence-corrected chi connectivity index (χ1v) is 8.29. The van der Waals surface area contributed by atoms with Gasteiger partial charge < -0.3 is 5.73 Å². The molecule has 4 nitrogen and oxygen atoms in total. The van der Waals surface area contributed by atoms with E-state index in [-0.39, 0.29) is 4.90 Å². The molecule has 0 aliphatic heterocycles. The van der Waals surface area contributed by atoms with E-state index in [1.165, 1.54) is 12.1 Å². The lowest BCUT2D eigenvalue weighted by Gasteiger charge is -2.11. The molecule has 0 saturated heterocycles. The molecule has 0 aliphatic rings. The molecule has 106 valence electrons. The zero-order valence-electron chi connectivity index (χ0n) is 10.5. The van der Waals surface area contributed by atoms with Crippen LogP contribution in [0.4, 0.5) is 11.4 Å². The van der Waals surface area contributed by atoms with Crippen molar-refractivity contribution in [3.8, 4) is 0 Å². The number of halogens is 2. The standard InChI is InChI=1S/C13H12BrClN2O2S/c1-8-11(15)6-9(7-12(8)16)20(18,19)17-13-5-3-2-4-10(13)14/h2-7,17H,16H2,1H3. The second-order valence-corrected chi connectivity index (χ2v) is 7.15. The minimum atomic E-state index is -3.74. The number of anilines is 2. The predicted molar refractivity (Wildman–Crippen MR) is 85.6 cm³/mol. The molecule has 7 heteroatoms. The molecule has 2 rings (SSSR count). The lowest BCUT2D eigenvalue weighted by molar-refractivity contribution is 0.601. The van der Waals surface area contributed by atoms with Crippen molar-refractivity contribution in [2.75, 3.05) is 10.5 Å². The van der Waals surface area contributed by atoms with Crippen LogP contribution in [0.15, 0.2) is 45.8 Å². The summed E-state index contributed by atoms with van der Waals surface area (Å²) in [5.41, 5.74) is 7.20. The number of hydrogen-bond donors (Lipinski definition) is 2. The Morgan fingerprint density at radius 2 is 1.90 bits per heavy atom. The van der Waals surface area contributed by atoms with Gasteiger partial charge in [-0.1, -0.05) is 23.7 Å². The number of para-hydroxylation sites is 1. The number of nitrogens with one attached hydrogen (secondary N) is 1. The molecule has 0 unspecified atom stereocenters. The van der Waals surface area contributed by atoms with Gasteiger partial charge in [0, 0.05) is 15.2 Å². The van der Waals surface area contributed by atoms with Crippen LogP contribution in [0.1, 0.15) is 5.56 Å². The molecule has 0 fully saturated rings. The Labute approximate surface area is 131 Å². The molecule has 0 bridgehead atoms. The van der Waals surface area contributed by atoms with Gasteiger partial charge in [-0.3, -0.25) is 4.72 Å². The van der Waals surface area contributed by atoms with Gasteiger partial charge in [-0.05, 0) is 52.7 Å². The molecule has 0 aromatic heterocycles. The summed E-state index contributed by atoms with van der Waals surface area (Å²) in [6, 6.07) is 9.70. The first-order chi connectivity index (χ1) is 9.31. The highest BCUT2D eigenvalue weighted by molar-refractivity contribution is 9.10. The van der Waals surface area contributed by atoms with Crippen molar-refractivity contribution in [2.45, 2.75) is 11.8 Å². The van der Waals surface area contributed by atoms with Gasteiger partial charge in [0.05, 0.1) is 10.6 Å². The summed E-state index contributed by atoms with van der Waals surface area (Å²) >= 11 is 9.26. The molecule has 2 aromatic rings. The van der Waals surface area contributed by atoms with Gasteiger partial charge in [-0.25, -0.2) is 8.42 Å². The van der Waals surface area contributed by atoms with E-state index in [1.807, 2.05) is 0 Å². The van der Waals surface area contributed by atoms with Crippen LogP contribution in [-0.2, 0) is 10.0 Å². The van der Waals surface area contributed by atoms with Crippen LogP contribution in [0.5, 0.6) is 0 Å². The summed E-state index contributed by atoms with van der Waals surface area (Å²) in [4.78, 5) is 0.0290. The smallest absolute Gasteiger partial charge is 0.262 e. The second kappa shape index (κ2) is 5.63. The molecule has 0 aliphatic carbocycles. The Morgan fingerprint density at radius 1 is 1.25 bits per heavy atom. The molecule has 0 spiro atoms. The SMILES string of the molecule is Cc1c(N)cc(S(=O)(=O)Nc2ccccc2Br)cc1Cl. The van der Waals surface area contributed by atoms with Crippen LogP contribution in [0.3, 0.4) is 0 Å². The maximum Gasteiger partial charge on any atom is 0.262 e. The van der Waals surface area contributed by atoms with Crippen LogP contribution >= 0.6 is 27.5 Å². The third kappa shape index (κ3) is 3.08. The van der Waals surface area contributed by atoms with Gasteiger partial charge in [0.25, 0.3) is 10.0 Å². The summed E-state index contributed by atoms with van der Waals surface area (Å²) in [5.74, 6) is 0. The second-order valence-electron chi connectivity index (χ2n) is 4.20. The molecule has 2 aromatic carbocycles. The van der Waals surface area contributed by atoms with E-state index in [9.17, 15) is 8.42 Å². The topological polar surface area (TPSA) is 72.2 Å². The number of nitrogens with two attached hydrogens (primary N) is 1. The van der Waals surface area contributed by atoms with E-state index in [0.717, 1.165) is 0 Å². The minimum absolute atomic E-state index is 0.0290. The normalized spacial score (nSPS) is 11.3. The lowest BCUT2D eigenvalue weighted by Crippen LogP contribution is -2.14. The Bertz CT molecular complexity index is 740. The van der Waals surface area contributed by atoms with Gasteiger partial charge in [0.1, 0.15) is 0 Å². The maximum atomic E-state index is 12.3. The summed E-state index contributed by atoms with van der Waals surface area (Å²) in [5, 5.41) is 0.317. The maximum absolute atomic E-state index is 12.3. The van der Waals surface area contributed by atoms with Gasteiger partial charge >= 0.3 is 0 Å². The molecule has 0 amide bonds. The van der Waals surface area contributed by atoms with E-state index >= 15 is 0 Å². The van der Waals surface area contributed by atoms with Crippen molar-refractivity contribution < 1.29 is 8.42 Å². The van der Waals surface area contributed by atoms with Crippen molar-refractivity contribution in [3.05, 3.63) is 51.5 Å². The van der Waals surface area contributed by atoms with E-state index in [4.69, 9.17) is 17.3 Å². The highest BCUT2D eigenvalue weighted by atomic mass is 79.9. The van der Waals surface area contributed by atoms with Gasteiger partial charge in [-0.2, -0.15) is 0 Å². The predicted octanol–water partition coefficient (Wildman–Crippen LogP) is 3.79. The molecule has 3 N–H and O–H groups in total. The fourth-order valence-electron chi connectivity index (χ4n) is 1.58. The van der Waals surface area contributed by atoms with Gasteiger partial charge in [-0.15, -0.1) is 0 Å². The molecule has 0 radical (unpaired) electrons. The number of sulfonamides is 1. The molecule has 0 atom stereocenters. The number of nitrogen functional groups attached to an aromatic ring is 1. The van der Waals surface area contributed by atoms with Crippen molar-refractivity contribution >= 4 is 48.9 Å². The zero-order chi connectivity index (χ0) is 14.9. The highest BCUT2D eigenvalue weighted by Crippen LogP contribution is 2.29. The zero-order valence-corrected chi connectivity index (χ0v) is 13.7. The Kier molecular flexibility index (Phi) is 4.27. The van der Waals surface area contributed by atoms with Crippen LogP contribution in [0.25, 0.3) is 0 Å². The average molecular weight is 376 g/mol. The van der Waals surface area contributed by atoms with Crippen molar-refractivity contribution in [2.24, 2.45) is 0 Å². The van der Waals surface area contributed by atoms with Crippen LogP contribution in [-0.4, -0.2) is 8.42 Å². The lowest BCUT2D eigenvalue weighted by atomic mass is 10.2. The third-order valence-corrected chi connectivity index (χ3v) is 5.22. The van der Waals surface area contributed by atoms with E-state index in [2.05, 4.69) is 20.7 Å². The Balaban J connectivity index is 2.44. The molecule has 0 heterocycles. The van der Waals surface area contributed by atoms with E-state index in [0.29, 0.717) is 26.4 Å². The molecule has 20 heavy (non-hydrogen) atoms. The summed E-state index contributed by atoms with van der Waals surface area (Å²) in [6.45, 7) is 1.73. The largest absolute Gasteiger partial charge is 0.398 e. The number of hydrogen-bond acceptors (Lipinski definition) is 3. The third-order valence-electron chi connectivity index (χ3n) is 2.79. The first-order valence-electron chi connectivity index (χ1n) is 5.64. The average Bonchev–Trinajstić information content (AvgIpc) is 2.38. The van der Waals surface area contributed by atoms with Crippen LogP contribution in [0.2, 0.25) is 5.02 Å². The number of rotatable bonds is 3. The Morgan fingerprint density at radius 3 is 2.50 bits per heavy atom. The van der Waals surface area contributed by atoms with Crippen LogP contribution in [0, 0.1) is 6.92 Å². The van der Waals surface area contributed by atoms with Crippen LogP contribution < -0.4 is 10.5 Å². The minimum Gasteiger partial charge on any atom is -0.398 e. The van der Waals surface area contributed by atoms with Crippen molar-refractivity contribution in [3.63, 3.8) is 0 Å². The molecule has 0 saturated carbocycles. The monoisotopic (exact) mass is 374 g/mol. The van der Waals surface area contributed by atoms with E-state index in [1.54, 1.807) is 31.2 Å². The van der Waals surface area contributed by atoms with Gasteiger partial charge in [0.15, 0.2) is 0 Å². The van der Waals surface area contributed by atoms with Crippen molar-refractivity contribution in [1.29, 1.82) is 0 Å². The molecular formula is C13H12BrClN2O2S.